The van der Waals surface area contributed by atoms with E-state index in [1.165, 1.54) is 41.8 Å². The molecule has 3 heteroatoms. The lowest BCUT2D eigenvalue weighted by atomic mass is 10.2. The molecule has 2 rings (SSSR count). The maximum Gasteiger partial charge on any atom is 0.107 e. The normalized spacial score (nSPS) is 12.5. The molecule has 1 aromatic heterocycles. The van der Waals surface area contributed by atoms with Gasteiger partial charge in [0.15, 0.2) is 0 Å². The third-order valence-electron chi connectivity index (χ3n) is 7.31. The molecule has 0 atom stereocenters. The van der Waals surface area contributed by atoms with Crippen molar-refractivity contribution in [1.82, 2.24) is 4.57 Å². The fraction of sp³-hybridized carbons (Fsp3) is 0.565. The molecular formula is C23H39NSi2. The molecule has 1 heterocycles. The summed E-state index contributed by atoms with van der Waals surface area (Å²) >= 11 is 0. The molecule has 0 saturated carbocycles. The topological polar surface area (TPSA) is 4.93 Å². The third kappa shape index (κ3) is 3.79. The summed E-state index contributed by atoms with van der Waals surface area (Å²) in [6.07, 6.45) is 0. The van der Waals surface area contributed by atoms with Crippen molar-refractivity contribution in [3.63, 3.8) is 0 Å². The minimum Gasteiger partial charge on any atom is -0.352 e. The molecule has 26 heavy (non-hydrogen) atoms. The van der Waals surface area contributed by atoms with Gasteiger partial charge in [0.05, 0.1) is 0 Å². The summed E-state index contributed by atoms with van der Waals surface area (Å²) in [4.78, 5) is 0. The number of hydrogen-bond donors (Lipinski definition) is 0. The zero-order valence-electron chi connectivity index (χ0n) is 17.9. The Morgan fingerprint density at radius 2 is 0.962 bits per heavy atom. The van der Waals surface area contributed by atoms with E-state index < -0.39 is 16.1 Å². The summed E-state index contributed by atoms with van der Waals surface area (Å²) in [5, 5.41) is 3.44. The van der Waals surface area contributed by atoms with Gasteiger partial charge in [0.1, 0.15) is 16.1 Å². The highest BCUT2D eigenvalue weighted by Crippen LogP contribution is 2.24. The molecule has 0 aliphatic carbocycles. The fourth-order valence-electron chi connectivity index (χ4n) is 4.92. The van der Waals surface area contributed by atoms with Gasteiger partial charge < -0.3 is 4.57 Å². The quantitative estimate of drug-likeness (QED) is 0.444. The van der Waals surface area contributed by atoms with Crippen molar-refractivity contribution in [3.05, 3.63) is 48.0 Å². The number of rotatable bonds is 10. The smallest absolute Gasteiger partial charge is 0.107 e. The Hall–Kier alpha value is -1.07. The lowest BCUT2D eigenvalue weighted by Gasteiger charge is -2.34. The first kappa shape index (κ1) is 21.2. The van der Waals surface area contributed by atoms with Crippen LogP contribution >= 0.6 is 0 Å². The molecule has 0 bridgehead atoms. The minimum atomic E-state index is -1.40. The number of aromatic nitrogens is 1. The Bertz CT molecular complexity index is 613. The summed E-state index contributed by atoms with van der Waals surface area (Å²) in [6.45, 7) is 15.7. The Balaban J connectivity index is 2.67. The van der Waals surface area contributed by atoms with Gasteiger partial charge in [0.2, 0.25) is 0 Å². The molecular weight excluding hydrogens is 346 g/mol. The molecule has 0 aliphatic heterocycles. The average Bonchev–Trinajstić information content (AvgIpc) is 3.11. The van der Waals surface area contributed by atoms with Crippen LogP contribution in [0.3, 0.4) is 0 Å². The molecule has 0 fully saturated rings. The molecule has 0 N–H and O–H groups in total. The van der Waals surface area contributed by atoms with E-state index in [1.807, 2.05) is 0 Å². The molecule has 0 radical (unpaired) electrons. The van der Waals surface area contributed by atoms with Crippen molar-refractivity contribution in [2.45, 2.75) is 84.4 Å². The summed E-state index contributed by atoms with van der Waals surface area (Å²) in [7, 11) is -2.81. The first-order valence-corrected chi connectivity index (χ1v) is 16.0. The first-order chi connectivity index (χ1) is 12.6. The van der Waals surface area contributed by atoms with Crippen molar-refractivity contribution in [1.29, 1.82) is 0 Å². The van der Waals surface area contributed by atoms with Gasteiger partial charge in [-0.2, -0.15) is 0 Å². The lowest BCUT2D eigenvalue weighted by Crippen LogP contribution is -2.56. The maximum atomic E-state index is 2.81. The van der Waals surface area contributed by atoms with E-state index >= 15 is 0 Å². The summed E-state index contributed by atoms with van der Waals surface area (Å²) in [5.41, 5.74) is 1.45. The summed E-state index contributed by atoms with van der Waals surface area (Å²) in [5.74, 6) is 0. The van der Waals surface area contributed by atoms with Crippen LogP contribution in [-0.4, -0.2) is 20.7 Å². The monoisotopic (exact) mass is 385 g/mol. The van der Waals surface area contributed by atoms with E-state index in [9.17, 15) is 0 Å². The van der Waals surface area contributed by atoms with Gasteiger partial charge in [-0.15, -0.1) is 0 Å². The maximum absolute atomic E-state index is 2.81. The Morgan fingerprint density at radius 3 is 1.31 bits per heavy atom. The van der Waals surface area contributed by atoms with Crippen LogP contribution in [0, 0.1) is 0 Å². The second kappa shape index (κ2) is 9.23. The van der Waals surface area contributed by atoms with E-state index in [1.54, 1.807) is 10.6 Å². The van der Waals surface area contributed by atoms with E-state index in [2.05, 4.69) is 88.6 Å². The Kier molecular flexibility index (Phi) is 7.54. The SMILES string of the molecule is CC[Si](CC)(CC)c1ccc([Si](CC)(CC)CC)n1Cc1ccccc1. The molecule has 0 spiro atoms. The third-order valence-corrected chi connectivity index (χ3v) is 18.5. The van der Waals surface area contributed by atoms with Gasteiger partial charge in [-0.25, -0.2) is 0 Å². The second-order valence-corrected chi connectivity index (χ2v) is 18.2. The zero-order chi connectivity index (χ0) is 19.2. The Labute approximate surface area is 163 Å². The van der Waals surface area contributed by atoms with Crippen molar-refractivity contribution in [2.24, 2.45) is 0 Å². The number of hydrogen-bond acceptors (Lipinski definition) is 0. The minimum absolute atomic E-state index is 1.06. The lowest BCUT2D eigenvalue weighted by molar-refractivity contribution is 0.836. The summed E-state index contributed by atoms with van der Waals surface area (Å²) in [6, 6.07) is 24.3. The van der Waals surface area contributed by atoms with Crippen LogP contribution in [0.2, 0.25) is 36.3 Å². The van der Waals surface area contributed by atoms with Crippen LogP contribution in [0.1, 0.15) is 47.1 Å². The van der Waals surface area contributed by atoms with E-state index in [0.717, 1.165) is 6.54 Å². The molecule has 2 aromatic rings. The largest absolute Gasteiger partial charge is 0.352 e. The molecule has 1 nitrogen and oxygen atoms in total. The van der Waals surface area contributed by atoms with Crippen molar-refractivity contribution < 1.29 is 0 Å². The first-order valence-electron chi connectivity index (χ1n) is 10.8. The standard InChI is InChI=1S/C23H39NSi2/c1-7-25(8-2,9-3)22-18-19-23(26(10-4,11-5)12-6)24(22)20-21-16-14-13-15-17-21/h13-19H,7-12,20H2,1-6H3. The van der Waals surface area contributed by atoms with Crippen LogP contribution in [-0.2, 0) is 6.54 Å². The van der Waals surface area contributed by atoms with Crippen molar-refractivity contribution in [2.75, 3.05) is 0 Å². The van der Waals surface area contributed by atoms with Crippen LogP contribution in [0.4, 0.5) is 0 Å². The highest BCUT2D eigenvalue weighted by atomic mass is 28.3. The van der Waals surface area contributed by atoms with E-state index in [4.69, 9.17) is 0 Å². The van der Waals surface area contributed by atoms with Crippen LogP contribution < -0.4 is 10.6 Å². The van der Waals surface area contributed by atoms with Gasteiger partial charge in [0, 0.05) is 17.2 Å². The fourth-order valence-corrected chi connectivity index (χ4v) is 12.6. The molecule has 1 aromatic carbocycles. The molecule has 0 unspecified atom stereocenters. The van der Waals surface area contributed by atoms with Crippen LogP contribution in [0.25, 0.3) is 0 Å². The second-order valence-electron chi connectivity index (χ2n) is 7.86. The molecule has 0 saturated heterocycles. The Morgan fingerprint density at radius 1 is 0.577 bits per heavy atom. The summed E-state index contributed by atoms with van der Waals surface area (Å²) < 4.78 is 2.81. The highest BCUT2D eigenvalue weighted by molar-refractivity contribution is 6.93. The van der Waals surface area contributed by atoms with Crippen molar-refractivity contribution in [3.8, 4) is 0 Å². The van der Waals surface area contributed by atoms with Gasteiger partial charge >= 0.3 is 0 Å². The predicted octanol–water partition coefficient (Wildman–Crippen LogP) is 5.97. The number of nitrogens with zero attached hydrogens (tertiary/aromatic N) is 1. The van der Waals surface area contributed by atoms with Crippen molar-refractivity contribution >= 4 is 26.8 Å². The highest BCUT2D eigenvalue weighted by Gasteiger charge is 2.38. The molecule has 0 amide bonds. The number of benzene rings is 1. The van der Waals surface area contributed by atoms with Gasteiger partial charge in [-0.1, -0.05) is 108 Å². The van der Waals surface area contributed by atoms with Gasteiger partial charge in [-0.05, 0) is 17.7 Å². The van der Waals surface area contributed by atoms with E-state index in [-0.39, 0.29) is 0 Å². The van der Waals surface area contributed by atoms with Gasteiger partial charge in [0.25, 0.3) is 0 Å². The molecule has 0 aliphatic rings. The predicted molar refractivity (Wildman–Crippen MR) is 124 cm³/mol. The van der Waals surface area contributed by atoms with E-state index in [0.29, 0.717) is 0 Å². The van der Waals surface area contributed by atoms with Gasteiger partial charge in [-0.3, -0.25) is 0 Å². The average molecular weight is 386 g/mol. The zero-order valence-corrected chi connectivity index (χ0v) is 19.9. The van der Waals surface area contributed by atoms with Crippen LogP contribution in [0.5, 0.6) is 0 Å². The molecule has 144 valence electrons. The van der Waals surface area contributed by atoms with Crippen LogP contribution in [0.15, 0.2) is 42.5 Å².